The van der Waals surface area contributed by atoms with Crippen molar-refractivity contribution in [2.24, 2.45) is 0 Å². The maximum Gasteiger partial charge on any atom is 0.416 e. The van der Waals surface area contributed by atoms with Gasteiger partial charge in [-0.1, -0.05) is 29.4 Å². The molecule has 4 rings (SSSR count). The van der Waals surface area contributed by atoms with Crippen LogP contribution >= 0.6 is 0 Å². The number of piperidine rings is 1. The van der Waals surface area contributed by atoms with Crippen molar-refractivity contribution in [3.05, 3.63) is 71.1 Å². The average Bonchev–Trinajstić information content (AvgIpc) is 3.23. The number of aromatic nitrogens is 2. The van der Waals surface area contributed by atoms with Gasteiger partial charge in [0.05, 0.1) is 5.56 Å². The predicted molar refractivity (Wildman–Crippen MR) is 104 cm³/mol. The van der Waals surface area contributed by atoms with Crippen molar-refractivity contribution in [2.75, 3.05) is 13.1 Å². The van der Waals surface area contributed by atoms with E-state index in [-0.39, 0.29) is 17.4 Å². The SMILES string of the molecule is Cc1ccccc1-c1noc(C2CCN(C(=O)c3ccc(C(F)(F)F)cc3)CC2)n1. The van der Waals surface area contributed by atoms with Crippen LogP contribution in [0.25, 0.3) is 11.4 Å². The Morgan fingerprint density at radius 3 is 2.37 bits per heavy atom. The van der Waals surface area contributed by atoms with Crippen molar-refractivity contribution in [3.63, 3.8) is 0 Å². The largest absolute Gasteiger partial charge is 0.416 e. The van der Waals surface area contributed by atoms with Crippen LogP contribution in [0.2, 0.25) is 0 Å². The van der Waals surface area contributed by atoms with E-state index in [2.05, 4.69) is 10.1 Å². The lowest BCUT2D eigenvalue weighted by Crippen LogP contribution is -2.38. The van der Waals surface area contributed by atoms with Crippen molar-refractivity contribution in [2.45, 2.75) is 31.9 Å². The number of benzene rings is 2. The number of rotatable bonds is 3. The Kier molecular flexibility index (Phi) is 5.32. The minimum absolute atomic E-state index is 0.0481. The van der Waals surface area contributed by atoms with Gasteiger partial charge in [-0.15, -0.1) is 0 Å². The summed E-state index contributed by atoms with van der Waals surface area (Å²) in [6, 6.07) is 12.1. The number of likely N-dealkylation sites (tertiary alicyclic amines) is 1. The molecule has 3 aromatic rings. The number of nitrogens with zero attached hydrogens (tertiary/aromatic N) is 3. The van der Waals surface area contributed by atoms with Gasteiger partial charge in [-0.3, -0.25) is 4.79 Å². The number of hydrogen-bond acceptors (Lipinski definition) is 4. The molecule has 30 heavy (non-hydrogen) atoms. The fraction of sp³-hybridized carbons (Fsp3) is 0.318. The monoisotopic (exact) mass is 415 g/mol. The van der Waals surface area contributed by atoms with Gasteiger partial charge < -0.3 is 9.42 Å². The van der Waals surface area contributed by atoms with Crippen LogP contribution < -0.4 is 0 Å². The van der Waals surface area contributed by atoms with Crippen LogP contribution in [0.4, 0.5) is 13.2 Å². The number of halogens is 3. The van der Waals surface area contributed by atoms with Crippen LogP contribution in [-0.4, -0.2) is 34.0 Å². The Labute approximate surface area is 171 Å². The lowest BCUT2D eigenvalue weighted by Gasteiger charge is -2.30. The predicted octanol–water partition coefficient (Wildman–Crippen LogP) is 5.08. The Hall–Kier alpha value is -3.16. The quantitative estimate of drug-likeness (QED) is 0.598. The third kappa shape index (κ3) is 4.08. The summed E-state index contributed by atoms with van der Waals surface area (Å²) in [6.07, 6.45) is -3.11. The molecule has 1 aliphatic rings. The highest BCUT2D eigenvalue weighted by Crippen LogP contribution is 2.31. The molecule has 156 valence electrons. The molecule has 2 heterocycles. The molecule has 0 aliphatic carbocycles. The molecule has 0 saturated carbocycles. The van der Waals surface area contributed by atoms with Crippen molar-refractivity contribution >= 4 is 5.91 Å². The minimum Gasteiger partial charge on any atom is -0.339 e. The van der Waals surface area contributed by atoms with E-state index in [1.807, 2.05) is 31.2 Å². The van der Waals surface area contributed by atoms with E-state index in [1.54, 1.807) is 4.90 Å². The van der Waals surface area contributed by atoms with Crippen molar-refractivity contribution in [1.82, 2.24) is 15.0 Å². The molecule has 0 radical (unpaired) electrons. The van der Waals surface area contributed by atoms with Gasteiger partial charge in [0.15, 0.2) is 0 Å². The molecule has 1 fully saturated rings. The highest BCUT2D eigenvalue weighted by atomic mass is 19.4. The summed E-state index contributed by atoms with van der Waals surface area (Å²) in [5.41, 5.74) is 1.46. The molecule has 5 nitrogen and oxygen atoms in total. The lowest BCUT2D eigenvalue weighted by atomic mass is 9.96. The third-order valence-electron chi connectivity index (χ3n) is 5.42. The Bertz CT molecular complexity index is 1040. The highest BCUT2D eigenvalue weighted by Gasteiger charge is 2.31. The fourth-order valence-electron chi connectivity index (χ4n) is 3.65. The van der Waals surface area contributed by atoms with Gasteiger partial charge in [0.1, 0.15) is 0 Å². The van der Waals surface area contributed by atoms with Crippen LogP contribution in [0.1, 0.15) is 46.1 Å². The standard InChI is InChI=1S/C22H20F3N3O2/c1-14-4-2-3-5-18(14)19-26-20(30-27-19)15-10-12-28(13-11-15)21(29)16-6-8-17(9-7-16)22(23,24)25/h2-9,15H,10-13H2,1H3. The summed E-state index contributed by atoms with van der Waals surface area (Å²) in [6.45, 7) is 2.94. The van der Waals surface area contributed by atoms with Gasteiger partial charge in [0, 0.05) is 30.1 Å². The first-order valence-corrected chi connectivity index (χ1v) is 9.69. The molecule has 0 unspecified atom stereocenters. The van der Waals surface area contributed by atoms with E-state index >= 15 is 0 Å². The molecule has 1 aliphatic heterocycles. The Morgan fingerprint density at radius 2 is 1.73 bits per heavy atom. The maximum absolute atomic E-state index is 12.7. The fourth-order valence-corrected chi connectivity index (χ4v) is 3.65. The number of hydrogen-bond donors (Lipinski definition) is 0. The zero-order valence-corrected chi connectivity index (χ0v) is 16.3. The first-order valence-electron chi connectivity index (χ1n) is 9.69. The van der Waals surface area contributed by atoms with Crippen LogP contribution in [-0.2, 0) is 6.18 Å². The molecule has 0 N–H and O–H groups in total. The van der Waals surface area contributed by atoms with Gasteiger partial charge in [-0.05, 0) is 49.6 Å². The van der Waals surface area contributed by atoms with E-state index < -0.39 is 11.7 Å². The molecule has 1 saturated heterocycles. The number of alkyl halides is 3. The van der Waals surface area contributed by atoms with Crippen LogP contribution in [0.15, 0.2) is 53.1 Å². The first-order chi connectivity index (χ1) is 14.3. The van der Waals surface area contributed by atoms with Gasteiger partial charge in [-0.25, -0.2) is 0 Å². The van der Waals surface area contributed by atoms with E-state index in [9.17, 15) is 18.0 Å². The summed E-state index contributed by atoms with van der Waals surface area (Å²) in [5, 5.41) is 4.09. The molecule has 1 aromatic heterocycles. The number of carbonyl (C=O) groups is 1. The summed E-state index contributed by atoms with van der Waals surface area (Å²) in [4.78, 5) is 18.8. The second kappa shape index (κ2) is 7.93. The van der Waals surface area contributed by atoms with E-state index in [0.29, 0.717) is 37.6 Å². The van der Waals surface area contributed by atoms with Crippen molar-refractivity contribution in [1.29, 1.82) is 0 Å². The Balaban J connectivity index is 1.39. The number of amides is 1. The molecular formula is C22H20F3N3O2. The third-order valence-corrected chi connectivity index (χ3v) is 5.42. The van der Waals surface area contributed by atoms with Gasteiger partial charge in [0.2, 0.25) is 11.7 Å². The minimum atomic E-state index is -4.42. The van der Waals surface area contributed by atoms with Crippen molar-refractivity contribution in [3.8, 4) is 11.4 Å². The molecule has 0 atom stereocenters. The molecule has 0 spiro atoms. The van der Waals surface area contributed by atoms with Gasteiger partial charge >= 0.3 is 6.18 Å². The van der Waals surface area contributed by atoms with Crippen LogP contribution in [0.3, 0.4) is 0 Å². The molecule has 1 amide bonds. The average molecular weight is 415 g/mol. The summed E-state index contributed by atoms with van der Waals surface area (Å²) < 4.78 is 43.6. The van der Waals surface area contributed by atoms with E-state index in [0.717, 1.165) is 23.3 Å². The van der Waals surface area contributed by atoms with E-state index in [1.165, 1.54) is 12.1 Å². The summed E-state index contributed by atoms with van der Waals surface area (Å²) in [7, 11) is 0. The lowest BCUT2D eigenvalue weighted by molar-refractivity contribution is -0.137. The smallest absolute Gasteiger partial charge is 0.339 e. The second-order valence-corrected chi connectivity index (χ2v) is 7.41. The topological polar surface area (TPSA) is 59.2 Å². The maximum atomic E-state index is 12.7. The Morgan fingerprint density at radius 1 is 1.07 bits per heavy atom. The molecule has 0 bridgehead atoms. The molecular weight excluding hydrogens is 395 g/mol. The number of carbonyl (C=O) groups excluding carboxylic acids is 1. The summed E-state index contributed by atoms with van der Waals surface area (Å²) >= 11 is 0. The van der Waals surface area contributed by atoms with Gasteiger partial charge in [0.25, 0.3) is 5.91 Å². The van der Waals surface area contributed by atoms with Crippen LogP contribution in [0, 0.1) is 6.92 Å². The molecule has 2 aromatic carbocycles. The summed E-state index contributed by atoms with van der Waals surface area (Å²) in [5.74, 6) is 0.876. The zero-order valence-electron chi connectivity index (χ0n) is 16.3. The number of aryl methyl sites for hydroxylation is 1. The highest BCUT2D eigenvalue weighted by molar-refractivity contribution is 5.94. The van der Waals surface area contributed by atoms with Crippen molar-refractivity contribution < 1.29 is 22.5 Å². The zero-order chi connectivity index (χ0) is 21.3. The van der Waals surface area contributed by atoms with Gasteiger partial charge in [-0.2, -0.15) is 18.2 Å². The molecule has 8 heteroatoms. The van der Waals surface area contributed by atoms with E-state index in [4.69, 9.17) is 4.52 Å². The normalized spacial score (nSPS) is 15.4. The van der Waals surface area contributed by atoms with Crippen LogP contribution in [0.5, 0.6) is 0 Å². The first kappa shape index (κ1) is 20.1. The second-order valence-electron chi connectivity index (χ2n) is 7.41.